The maximum atomic E-state index is 2.38. The molecular weight excluding hydrogens is 268 g/mol. The minimum absolute atomic E-state index is 1.18. The number of benzene rings is 1. The summed E-state index contributed by atoms with van der Waals surface area (Å²) in [6, 6.07) is 8.98. The number of nitrogens with zero attached hydrogens (tertiary/aromatic N) is 2. The second kappa shape index (κ2) is 5.96. The van der Waals surface area contributed by atoms with E-state index in [9.17, 15) is 0 Å². The van der Waals surface area contributed by atoms with Gasteiger partial charge in [-0.25, -0.2) is 4.57 Å². The average Bonchev–Trinajstić information content (AvgIpc) is 2.49. The molecule has 2 aromatic rings. The van der Waals surface area contributed by atoms with Crippen LogP contribution >= 0.6 is 0 Å². The van der Waals surface area contributed by atoms with Crippen LogP contribution in [0, 0.1) is 6.92 Å². The summed E-state index contributed by atoms with van der Waals surface area (Å²) < 4.78 is 2.15. The topological polar surface area (TPSA) is 7.12 Å². The molecule has 0 radical (unpaired) electrons. The number of fused-ring (bicyclic) bond motifs is 1. The van der Waals surface area contributed by atoms with Crippen molar-refractivity contribution in [2.24, 2.45) is 7.05 Å². The van der Waals surface area contributed by atoms with Gasteiger partial charge in [-0.2, -0.15) is 0 Å². The molecule has 0 spiro atoms. The number of rotatable bonds is 2. The first-order chi connectivity index (χ1) is 10.5. The fourth-order valence-corrected chi connectivity index (χ4v) is 3.21. The van der Waals surface area contributed by atoms with Crippen molar-refractivity contribution in [2.75, 3.05) is 19.0 Å². The van der Waals surface area contributed by atoms with Gasteiger partial charge in [-0.3, -0.25) is 0 Å². The normalized spacial score (nSPS) is 15.7. The van der Waals surface area contributed by atoms with Crippen LogP contribution in [-0.4, -0.2) is 14.1 Å². The maximum absolute atomic E-state index is 2.38. The van der Waals surface area contributed by atoms with Gasteiger partial charge in [0.2, 0.25) is 0 Å². The third-order valence-corrected chi connectivity index (χ3v) is 4.52. The van der Waals surface area contributed by atoms with Crippen LogP contribution in [0.1, 0.15) is 35.1 Å². The van der Waals surface area contributed by atoms with E-state index in [1.807, 2.05) is 0 Å². The van der Waals surface area contributed by atoms with Gasteiger partial charge in [0, 0.05) is 31.4 Å². The second-order valence-corrected chi connectivity index (χ2v) is 6.51. The zero-order valence-electron chi connectivity index (χ0n) is 14.1. The lowest BCUT2D eigenvalue weighted by Crippen LogP contribution is -2.28. The minimum Gasteiger partial charge on any atom is -0.378 e. The van der Waals surface area contributed by atoms with Crippen LogP contribution in [0.2, 0.25) is 0 Å². The van der Waals surface area contributed by atoms with Gasteiger partial charge in [0.15, 0.2) is 12.4 Å². The highest BCUT2D eigenvalue weighted by molar-refractivity contribution is 5.84. The Kier molecular flexibility index (Phi) is 4.02. The van der Waals surface area contributed by atoms with Crippen LogP contribution in [0.25, 0.3) is 11.6 Å². The van der Waals surface area contributed by atoms with Crippen molar-refractivity contribution in [3.8, 4) is 0 Å². The zero-order chi connectivity index (χ0) is 15.7. The SMILES string of the molecule is Cc1cc(N(C)C)ccc1/C=C1/CCCc2c[n+](C)ccc21. The first-order valence-corrected chi connectivity index (χ1v) is 8.01. The van der Waals surface area contributed by atoms with Gasteiger partial charge in [0.1, 0.15) is 7.05 Å². The van der Waals surface area contributed by atoms with Crippen LogP contribution in [0.15, 0.2) is 36.7 Å². The molecule has 3 rings (SSSR count). The molecule has 1 aliphatic carbocycles. The molecule has 2 nitrogen and oxygen atoms in total. The molecule has 0 amide bonds. The lowest BCUT2D eigenvalue weighted by molar-refractivity contribution is -0.672. The van der Waals surface area contributed by atoms with E-state index in [0.29, 0.717) is 0 Å². The van der Waals surface area contributed by atoms with Gasteiger partial charge in [-0.1, -0.05) is 12.1 Å². The summed E-state index contributed by atoms with van der Waals surface area (Å²) in [5.41, 5.74) is 8.32. The van der Waals surface area contributed by atoms with E-state index < -0.39 is 0 Å². The Labute approximate surface area is 133 Å². The Morgan fingerprint density at radius 3 is 2.68 bits per heavy atom. The van der Waals surface area contributed by atoms with E-state index in [1.165, 1.54) is 52.8 Å². The summed E-state index contributed by atoms with van der Waals surface area (Å²) in [6.07, 6.45) is 10.4. The molecule has 1 aromatic heterocycles. The van der Waals surface area contributed by atoms with Gasteiger partial charge in [-0.15, -0.1) is 0 Å². The van der Waals surface area contributed by atoms with Crippen molar-refractivity contribution in [2.45, 2.75) is 26.2 Å². The van der Waals surface area contributed by atoms with E-state index in [4.69, 9.17) is 0 Å². The largest absolute Gasteiger partial charge is 0.378 e. The second-order valence-electron chi connectivity index (χ2n) is 6.51. The molecule has 2 heteroatoms. The van der Waals surface area contributed by atoms with Crippen LogP contribution in [0.5, 0.6) is 0 Å². The number of allylic oxidation sites excluding steroid dienone is 1. The Bertz CT molecular complexity index is 726. The number of pyridine rings is 1. The molecule has 114 valence electrons. The highest BCUT2D eigenvalue weighted by Crippen LogP contribution is 2.32. The van der Waals surface area contributed by atoms with E-state index in [-0.39, 0.29) is 0 Å². The molecule has 0 fully saturated rings. The standard InChI is InChI=1S/C20H25N2/c1-15-12-19(21(2)3)9-8-16(15)13-17-6-5-7-18-14-22(4)11-10-20(17)18/h8-14H,5-7H2,1-4H3/q+1. The van der Waals surface area contributed by atoms with E-state index in [0.717, 1.165) is 0 Å². The number of aromatic nitrogens is 1. The van der Waals surface area contributed by atoms with Crippen LogP contribution in [-0.2, 0) is 13.5 Å². The number of aryl methyl sites for hydroxylation is 3. The zero-order valence-corrected chi connectivity index (χ0v) is 14.1. The Hall–Kier alpha value is -2.09. The highest BCUT2D eigenvalue weighted by Gasteiger charge is 2.17. The summed E-state index contributed by atoms with van der Waals surface area (Å²) in [5.74, 6) is 0. The van der Waals surface area contributed by atoms with Gasteiger partial charge in [-0.05, 0) is 60.6 Å². The Morgan fingerprint density at radius 1 is 1.14 bits per heavy atom. The summed E-state index contributed by atoms with van der Waals surface area (Å²) in [4.78, 5) is 2.15. The van der Waals surface area contributed by atoms with Crippen molar-refractivity contribution in [1.82, 2.24) is 0 Å². The van der Waals surface area contributed by atoms with Crippen molar-refractivity contribution in [3.63, 3.8) is 0 Å². The van der Waals surface area contributed by atoms with Crippen molar-refractivity contribution < 1.29 is 4.57 Å². The molecular formula is C20H25N2+. The Morgan fingerprint density at radius 2 is 1.95 bits per heavy atom. The molecule has 0 bridgehead atoms. The van der Waals surface area contributed by atoms with Crippen molar-refractivity contribution in [1.29, 1.82) is 0 Å². The fourth-order valence-electron chi connectivity index (χ4n) is 3.21. The molecule has 22 heavy (non-hydrogen) atoms. The van der Waals surface area contributed by atoms with E-state index in [1.54, 1.807) is 0 Å². The highest BCUT2D eigenvalue weighted by atomic mass is 15.1. The third kappa shape index (κ3) is 2.92. The van der Waals surface area contributed by atoms with Gasteiger partial charge < -0.3 is 4.90 Å². The average molecular weight is 293 g/mol. The molecule has 0 saturated heterocycles. The first-order valence-electron chi connectivity index (χ1n) is 8.01. The van der Waals surface area contributed by atoms with Gasteiger partial charge in [0.05, 0.1) is 0 Å². The molecule has 1 aromatic carbocycles. The monoisotopic (exact) mass is 293 g/mol. The quantitative estimate of drug-likeness (QED) is 0.765. The van der Waals surface area contributed by atoms with E-state index >= 15 is 0 Å². The Balaban J connectivity index is 2.00. The molecule has 1 heterocycles. The van der Waals surface area contributed by atoms with Crippen molar-refractivity contribution in [3.05, 3.63) is 58.9 Å². The smallest absolute Gasteiger partial charge is 0.172 e. The molecule has 0 N–H and O–H groups in total. The lowest BCUT2D eigenvalue weighted by atomic mass is 9.87. The van der Waals surface area contributed by atoms with Crippen LogP contribution < -0.4 is 9.47 Å². The number of hydrogen-bond acceptors (Lipinski definition) is 1. The molecule has 1 aliphatic rings. The molecule has 0 unspecified atom stereocenters. The summed E-state index contributed by atoms with van der Waals surface area (Å²) >= 11 is 0. The van der Waals surface area contributed by atoms with Gasteiger partial charge in [0.25, 0.3) is 0 Å². The summed E-state index contributed by atoms with van der Waals surface area (Å²) in [6.45, 7) is 2.20. The summed E-state index contributed by atoms with van der Waals surface area (Å²) in [7, 11) is 6.27. The van der Waals surface area contributed by atoms with E-state index in [2.05, 4.69) is 80.3 Å². The predicted octanol–water partition coefficient (Wildman–Crippen LogP) is 3.76. The summed E-state index contributed by atoms with van der Waals surface area (Å²) in [5, 5.41) is 0. The van der Waals surface area contributed by atoms with Crippen LogP contribution in [0.4, 0.5) is 5.69 Å². The lowest BCUT2D eigenvalue weighted by Gasteiger charge is -2.18. The fraction of sp³-hybridized carbons (Fsp3) is 0.350. The minimum atomic E-state index is 1.18. The maximum Gasteiger partial charge on any atom is 0.172 e. The van der Waals surface area contributed by atoms with Gasteiger partial charge >= 0.3 is 0 Å². The predicted molar refractivity (Wildman–Crippen MR) is 93.9 cm³/mol. The first kappa shape index (κ1) is 14.8. The number of hydrogen-bond donors (Lipinski definition) is 0. The molecule has 0 aliphatic heterocycles. The van der Waals surface area contributed by atoms with Crippen LogP contribution in [0.3, 0.4) is 0 Å². The molecule has 0 saturated carbocycles. The van der Waals surface area contributed by atoms with Crippen molar-refractivity contribution >= 4 is 17.3 Å². The number of anilines is 1. The molecule has 0 atom stereocenters. The third-order valence-electron chi connectivity index (χ3n) is 4.52.